The maximum Gasteiger partial charge on any atom is 0.191 e. The minimum absolute atomic E-state index is 0. The van der Waals surface area contributed by atoms with Crippen LogP contribution in [0.3, 0.4) is 0 Å². The van der Waals surface area contributed by atoms with Crippen molar-refractivity contribution in [3.63, 3.8) is 0 Å². The van der Waals surface area contributed by atoms with E-state index in [9.17, 15) is 4.21 Å². The molecule has 0 amide bonds. The van der Waals surface area contributed by atoms with Crippen LogP contribution in [0.2, 0.25) is 5.02 Å². The molecule has 1 saturated carbocycles. The fraction of sp³-hybridized carbons (Fsp3) is 0.667. The van der Waals surface area contributed by atoms with E-state index in [1.807, 2.05) is 19.1 Å². The molecule has 0 spiro atoms. The smallest absolute Gasteiger partial charge is 0.191 e. The lowest BCUT2D eigenvalue weighted by molar-refractivity contribution is 0.306. The minimum Gasteiger partial charge on any atom is -0.357 e. The highest BCUT2D eigenvalue weighted by molar-refractivity contribution is 14.0. The van der Waals surface area contributed by atoms with Crippen LogP contribution in [0.25, 0.3) is 0 Å². The predicted molar refractivity (Wildman–Crippen MR) is 137 cm³/mol. The molecule has 0 bridgehead atoms. The molecule has 0 radical (unpaired) electrons. The highest BCUT2D eigenvalue weighted by Crippen LogP contribution is 2.23. The number of aliphatic imine (C=N–C) groups is 1. The first-order chi connectivity index (χ1) is 13.4. The van der Waals surface area contributed by atoms with Crippen LogP contribution in [0.4, 0.5) is 0 Å². The molecule has 1 fully saturated rings. The molecule has 0 aliphatic heterocycles. The number of likely N-dealkylation sites (N-methyl/N-ethyl adjacent to an activating group) is 1. The second kappa shape index (κ2) is 13.8. The molecule has 2 N–H and O–H groups in total. The van der Waals surface area contributed by atoms with Gasteiger partial charge in [0.15, 0.2) is 5.96 Å². The first-order valence-electron chi connectivity index (χ1n) is 10.3. The summed E-state index contributed by atoms with van der Waals surface area (Å²) in [6, 6.07) is 8.50. The molecule has 1 aromatic rings. The van der Waals surface area contributed by atoms with E-state index in [0.717, 1.165) is 49.0 Å². The van der Waals surface area contributed by atoms with Crippen molar-refractivity contribution in [2.75, 3.05) is 32.9 Å². The molecular formula is C21H36ClIN4OS. The summed E-state index contributed by atoms with van der Waals surface area (Å²) >= 11 is 6.03. The third kappa shape index (κ3) is 8.71. The summed E-state index contributed by atoms with van der Waals surface area (Å²) in [7, 11) is 3.43. The molecule has 8 heteroatoms. The van der Waals surface area contributed by atoms with Crippen LogP contribution < -0.4 is 10.6 Å². The lowest BCUT2D eigenvalue weighted by atomic mass is 9.95. The van der Waals surface area contributed by atoms with Crippen molar-refractivity contribution in [1.82, 2.24) is 15.5 Å². The minimum atomic E-state index is -0.715. The Morgan fingerprint density at radius 3 is 2.55 bits per heavy atom. The Morgan fingerprint density at radius 2 is 1.97 bits per heavy atom. The van der Waals surface area contributed by atoms with Gasteiger partial charge in [-0.3, -0.25) is 9.20 Å². The Hall–Kier alpha value is -0.380. The fourth-order valence-electron chi connectivity index (χ4n) is 3.69. The molecule has 0 saturated heterocycles. The summed E-state index contributed by atoms with van der Waals surface area (Å²) < 4.78 is 12.2. The van der Waals surface area contributed by atoms with Gasteiger partial charge in [-0.1, -0.05) is 37.1 Å². The maximum absolute atomic E-state index is 12.2. The van der Waals surface area contributed by atoms with Crippen molar-refractivity contribution in [3.05, 3.63) is 34.9 Å². The number of nitrogens with zero attached hydrogens (tertiary/aromatic N) is 2. The molecule has 1 aromatic carbocycles. The fourth-order valence-corrected chi connectivity index (χ4v) is 5.17. The quantitative estimate of drug-likeness (QED) is 0.287. The van der Waals surface area contributed by atoms with Crippen LogP contribution >= 0.6 is 35.6 Å². The average molecular weight is 555 g/mol. The standard InChI is InChI=1S/C21H35ClN4OS.HI/c1-5-23-21(25-18-8-7-9-19(14-18)28(27)6-2)24-15-20(26(3)4)16-10-12-17(22)13-11-16;/h10-13,18-20H,5-9,14-15H2,1-4H3,(H2,23,24,25);1H. The lowest BCUT2D eigenvalue weighted by Crippen LogP contribution is -2.47. The number of rotatable bonds is 8. The first-order valence-corrected chi connectivity index (χ1v) is 12.0. The van der Waals surface area contributed by atoms with Gasteiger partial charge < -0.3 is 15.5 Å². The van der Waals surface area contributed by atoms with Crippen LogP contribution in [0.15, 0.2) is 29.3 Å². The SMILES string of the molecule is CCNC(=NCC(c1ccc(Cl)cc1)N(C)C)NC1CCCC(S(=O)CC)C1.I. The number of guanidine groups is 1. The van der Waals surface area contributed by atoms with Gasteiger partial charge in [-0.25, -0.2) is 0 Å². The van der Waals surface area contributed by atoms with E-state index in [0.29, 0.717) is 17.8 Å². The van der Waals surface area contributed by atoms with E-state index in [-0.39, 0.29) is 30.0 Å². The maximum atomic E-state index is 12.2. The summed E-state index contributed by atoms with van der Waals surface area (Å²) in [5.41, 5.74) is 1.20. The Bertz CT molecular complexity index is 657. The van der Waals surface area contributed by atoms with Gasteiger partial charge in [-0.2, -0.15) is 0 Å². The summed E-state index contributed by atoms with van der Waals surface area (Å²) in [6.07, 6.45) is 4.26. The number of halogens is 2. The molecule has 29 heavy (non-hydrogen) atoms. The van der Waals surface area contributed by atoms with Crippen LogP contribution in [0, 0.1) is 0 Å². The molecule has 5 nitrogen and oxygen atoms in total. The zero-order valence-corrected chi connectivity index (χ0v) is 21.9. The van der Waals surface area contributed by atoms with Crippen molar-refractivity contribution in [1.29, 1.82) is 0 Å². The molecule has 0 aromatic heterocycles. The van der Waals surface area contributed by atoms with E-state index >= 15 is 0 Å². The molecule has 4 atom stereocenters. The Kier molecular flexibility index (Phi) is 12.7. The van der Waals surface area contributed by atoms with Crippen LogP contribution in [-0.2, 0) is 10.8 Å². The Balaban J connectivity index is 0.00000420. The van der Waals surface area contributed by atoms with Crippen LogP contribution in [0.1, 0.15) is 51.1 Å². The van der Waals surface area contributed by atoms with Crippen molar-refractivity contribution in [3.8, 4) is 0 Å². The highest BCUT2D eigenvalue weighted by atomic mass is 127. The summed E-state index contributed by atoms with van der Waals surface area (Å²) in [6.45, 7) is 5.56. The molecule has 0 heterocycles. The number of hydrogen-bond donors (Lipinski definition) is 2. The molecule has 4 unspecified atom stereocenters. The summed E-state index contributed by atoms with van der Waals surface area (Å²) in [4.78, 5) is 7.04. The monoisotopic (exact) mass is 554 g/mol. The van der Waals surface area contributed by atoms with Gasteiger partial charge in [0.05, 0.1) is 12.6 Å². The first kappa shape index (κ1) is 26.7. The van der Waals surface area contributed by atoms with E-state index in [1.54, 1.807) is 0 Å². The van der Waals surface area contributed by atoms with Crippen molar-refractivity contribution in [2.24, 2.45) is 4.99 Å². The van der Waals surface area contributed by atoms with E-state index in [4.69, 9.17) is 16.6 Å². The van der Waals surface area contributed by atoms with Gasteiger partial charge in [0.25, 0.3) is 0 Å². The Morgan fingerprint density at radius 1 is 1.28 bits per heavy atom. The van der Waals surface area contributed by atoms with E-state index in [2.05, 4.69) is 48.7 Å². The van der Waals surface area contributed by atoms with Crippen molar-refractivity contribution in [2.45, 2.75) is 56.9 Å². The van der Waals surface area contributed by atoms with Crippen molar-refractivity contribution >= 4 is 52.3 Å². The molecular weight excluding hydrogens is 519 g/mol. The zero-order chi connectivity index (χ0) is 20.5. The summed E-state index contributed by atoms with van der Waals surface area (Å²) in [5.74, 6) is 1.59. The molecule has 1 aliphatic rings. The van der Waals surface area contributed by atoms with Gasteiger partial charge in [0, 0.05) is 39.4 Å². The van der Waals surface area contributed by atoms with Crippen LogP contribution in [0.5, 0.6) is 0 Å². The van der Waals surface area contributed by atoms with Gasteiger partial charge >= 0.3 is 0 Å². The lowest BCUT2D eigenvalue weighted by Gasteiger charge is -2.30. The molecule has 2 rings (SSSR count). The van der Waals surface area contributed by atoms with Crippen LogP contribution in [-0.4, -0.2) is 59.3 Å². The highest BCUT2D eigenvalue weighted by Gasteiger charge is 2.26. The topological polar surface area (TPSA) is 56.7 Å². The largest absolute Gasteiger partial charge is 0.357 e. The van der Waals surface area contributed by atoms with E-state index in [1.165, 1.54) is 5.56 Å². The summed E-state index contributed by atoms with van der Waals surface area (Å²) in [5, 5.41) is 8.01. The number of hydrogen-bond acceptors (Lipinski definition) is 3. The third-order valence-corrected chi connectivity index (χ3v) is 7.26. The van der Waals surface area contributed by atoms with E-state index < -0.39 is 10.8 Å². The predicted octanol–water partition coefficient (Wildman–Crippen LogP) is 4.20. The van der Waals surface area contributed by atoms with Gasteiger partial charge in [-0.15, -0.1) is 24.0 Å². The number of nitrogens with one attached hydrogen (secondary N) is 2. The third-order valence-electron chi connectivity index (χ3n) is 5.27. The average Bonchev–Trinajstić information content (AvgIpc) is 2.69. The number of benzene rings is 1. The van der Waals surface area contributed by atoms with Gasteiger partial charge in [0.2, 0.25) is 0 Å². The van der Waals surface area contributed by atoms with Crippen molar-refractivity contribution < 1.29 is 4.21 Å². The molecule has 166 valence electrons. The normalized spacial score (nSPS) is 21.9. The van der Waals surface area contributed by atoms with Gasteiger partial charge in [0.1, 0.15) is 0 Å². The second-order valence-electron chi connectivity index (χ2n) is 7.55. The molecule has 1 aliphatic carbocycles. The second-order valence-corrected chi connectivity index (χ2v) is 9.99. The zero-order valence-electron chi connectivity index (χ0n) is 18.0. The Labute approximate surface area is 200 Å². The van der Waals surface area contributed by atoms with Gasteiger partial charge in [-0.05, 0) is 58.0 Å².